The van der Waals surface area contributed by atoms with Gasteiger partial charge in [0, 0.05) is 19.6 Å². The maximum absolute atomic E-state index is 12.5. The zero-order valence-corrected chi connectivity index (χ0v) is 23.9. The van der Waals surface area contributed by atoms with Gasteiger partial charge in [-0.05, 0) is 45.4 Å². The van der Waals surface area contributed by atoms with E-state index in [2.05, 4.69) is 40.4 Å². The van der Waals surface area contributed by atoms with E-state index in [1.54, 1.807) is 23.5 Å². The van der Waals surface area contributed by atoms with Crippen molar-refractivity contribution in [2.75, 3.05) is 13.2 Å². The predicted octanol–water partition coefficient (Wildman–Crippen LogP) is 6.27. The molecule has 3 rings (SSSR count). The summed E-state index contributed by atoms with van der Waals surface area (Å²) < 4.78 is 10.1. The number of esters is 2. The van der Waals surface area contributed by atoms with Gasteiger partial charge in [-0.3, -0.25) is 9.59 Å². The van der Waals surface area contributed by atoms with Gasteiger partial charge in [-0.1, -0.05) is 19.6 Å². The van der Waals surface area contributed by atoms with Gasteiger partial charge < -0.3 is 9.47 Å². The Morgan fingerprint density at radius 3 is 1.71 bits per heavy atom. The van der Waals surface area contributed by atoms with E-state index < -0.39 is 12.2 Å². The van der Waals surface area contributed by atoms with Gasteiger partial charge in [0.15, 0.2) is 0 Å². The van der Waals surface area contributed by atoms with E-state index in [1.807, 2.05) is 37.4 Å². The molecular formula is C22H32O4S4Si. The molecule has 2 aliphatic rings. The van der Waals surface area contributed by atoms with Crippen LogP contribution in [0.5, 0.6) is 0 Å². The molecule has 0 saturated heterocycles. The molecule has 0 spiro atoms. The zero-order valence-electron chi connectivity index (χ0n) is 19.6. The predicted molar refractivity (Wildman–Crippen MR) is 137 cm³/mol. The normalized spacial score (nSPS) is 18.5. The number of thioether (sulfide) groups is 4. The molecule has 4 nitrogen and oxygen atoms in total. The van der Waals surface area contributed by atoms with E-state index in [9.17, 15) is 9.59 Å². The summed E-state index contributed by atoms with van der Waals surface area (Å²) in [4.78, 5) is 30.4. The molecule has 0 fully saturated rings. The minimum Gasteiger partial charge on any atom is -0.466 e. The van der Waals surface area contributed by atoms with Crippen molar-refractivity contribution in [1.82, 2.24) is 0 Å². The molecule has 9 heteroatoms. The monoisotopic (exact) mass is 516 g/mol. The number of benzene rings is 1. The SMILES string of the molecule is CCOC(=O)CC1(CC(=O)OCC)Sc2c(C)c3c(c([Si](C)(C)C)c2S1)SC(C)(C)S3. The molecule has 1 aromatic rings. The number of fused-ring (bicyclic) bond motifs is 2. The van der Waals surface area contributed by atoms with Crippen molar-refractivity contribution in [2.45, 2.75) is 94.8 Å². The summed E-state index contributed by atoms with van der Waals surface area (Å²) >= 11 is 7.28. The van der Waals surface area contributed by atoms with Crippen LogP contribution in [0.1, 0.15) is 46.1 Å². The number of carbonyl (C=O) groups is 2. The summed E-state index contributed by atoms with van der Waals surface area (Å²) in [5.74, 6) is -0.520. The second-order valence-corrected chi connectivity index (χ2v) is 20.8. The van der Waals surface area contributed by atoms with Crippen LogP contribution in [0.4, 0.5) is 0 Å². The molecule has 0 aliphatic carbocycles. The highest BCUT2D eigenvalue weighted by Crippen LogP contribution is 2.65. The van der Waals surface area contributed by atoms with Crippen LogP contribution in [0.15, 0.2) is 19.6 Å². The van der Waals surface area contributed by atoms with E-state index in [0.717, 1.165) is 0 Å². The number of ether oxygens (including phenoxy) is 2. The van der Waals surface area contributed by atoms with Crippen molar-refractivity contribution in [3.05, 3.63) is 5.56 Å². The Kier molecular flexibility index (Phi) is 7.54. The van der Waals surface area contributed by atoms with Gasteiger partial charge in [0.25, 0.3) is 0 Å². The van der Waals surface area contributed by atoms with Crippen molar-refractivity contribution in [2.24, 2.45) is 0 Å². The lowest BCUT2D eigenvalue weighted by molar-refractivity contribution is -0.145. The maximum Gasteiger partial charge on any atom is 0.308 e. The molecule has 0 unspecified atom stereocenters. The minimum absolute atomic E-state index is 0.110. The molecule has 0 atom stereocenters. The van der Waals surface area contributed by atoms with Gasteiger partial charge in [-0.15, -0.1) is 47.0 Å². The van der Waals surface area contributed by atoms with Crippen LogP contribution < -0.4 is 5.19 Å². The molecule has 0 aromatic heterocycles. The molecular weight excluding hydrogens is 485 g/mol. The molecule has 0 amide bonds. The molecule has 31 heavy (non-hydrogen) atoms. The third kappa shape index (κ3) is 5.31. The van der Waals surface area contributed by atoms with Gasteiger partial charge in [0.2, 0.25) is 0 Å². The minimum atomic E-state index is -1.71. The Bertz CT molecular complexity index is 888. The van der Waals surface area contributed by atoms with Crippen molar-refractivity contribution < 1.29 is 19.1 Å². The van der Waals surface area contributed by atoms with Gasteiger partial charge in [0.1, 0.15) is 0 Å². The topological polar surface area (TPSA) is 52.6 Å². The Morgan fingerprint density at radius 1 is 0.806 bits per heavy atom. The fraction of sp³-hybridized carbons (Fsp3) is 0.636. The Hall–Kier alpha value is -0.223. The lowest BCUT2D eigenvalue weighted by Gasteiger charge is -2.27. The summed E-state index contributed by atoms with van der Waals surface area (Å²) in [5.41, 5.74) is 1.28. The second kappa shape index (κ2) is 9.20. The highest BCUT2D eigenvalue weighted by molar-refractivity contribution is 8.22. The van der Waals surface area contributed by atoms with Crippen LogP contribution in [0.2, 0.25) is 19.6 Å². The average Bonchev–Trinajstić information content (AvgIpc) is 3.11. The number of hydrogen-bond acceptors (Lipinski definition) is 8. The fourth-order valence-corrected chi connectivity index (χ4v) is 14.1. The van der Waals surface area contributed by atoms with Crippen LogP contribution >= 0.6 is 47.0 Å². The smallest absolute Gasteiger partial charge is 0.308 e. The number of rotatable bonds is 7. The van der Waals surface area contributed by atoms with Crippen molar-refractivity contribution in [1.29, 1.82) is 0 Å². The lowest BCUT2D eigenvalue weighted by Crippen LogP contribution is -2.41. The third-order valence-corrected chi connectivity index (χ3v) is 13.6. The summed E-state index contributed by atoms with van der Waals surface area (Å²) in [6.45, 7) is 18.2. The highest BCUT2D eigenvalue weighted by Gasteiger charge is 2.49. The molecule has 0 saturated carbocycles. The molecule has 172 valence electrons. The quantitative estimate of drug-likeness (QED) is 0.310. The first-order chi connectivity index (χ1) is 14.3. The largest absolute Gasteiger partial charge is 0.466 e. The van der Waals surface area contributed by atoms with Crippen molar-refractivity contribution >= 4 is 72.2 Å². The van der Waals surface area contributed by atoms with E-state index in [4.69, 9.17) is 9.47 Å². The first kappa shape index (κ1) is 25.4. The van der Waals surface area contributed by atoms with Gasteiger partial charge in [0.05, 0.1) is 42.3 Å². The van der Waals surface area contributed by atoms with Gasteiger partial charge >= 0.3 is 11.9 Å². The average molecular weight is 517 g/mol. The Labute approximate surface area is 204 Å². The van der Waals surface area contributed by atoms with Crippen molar-refractivity contribution in [3.63, 3.8) is 0 Å². The lowest BCUT2D eigenvalue weighted by atomic mass is 10.2. The molecule has 0 radical (unpaired) electrons. The first-order valence-corrected chi connectivity index (χ1v) is 17.4. The zero-order chi connectivity index (χ0) is 23.2. The fourth-order valence-electron chi connectivity index (χ4n) is 3.87. The maximum atomic E-state index is 12.5. The summed E-state index contributed by atoms with van der Waals surface area (Å²) in [5, 5.41) is 1.47. The summed E-state index contributed by atoms with van der Waals surface area (Å²) in [6, 6.07) is 0. The van der Waals surface area contributed by atoms with Gasteiger partial charge in [-0.25, -0.2) is 0 Å². The summed E-state index contributed by atoms with van der Waals surface area (Å²) in [7, 11) is -1.71. The summed E-state index contributed by atoms with van der Waals surface area (Å²) in [6.07, 6.45) is 0.370. The number of hydrogen-bond donors (Lipinski definition) is 0. The van der Waals surface area contributed by atoms with Crippen LogP contribution in [-0.2, 0) is 19.1 Å². The second-order valence-electron chi connectivity index (χ2n) is 9.25. The molecule has 2 aliphatic heterocycles. The molecule has 1 aromatic carbocycles. The van der Waals surface area contributed by atoms with E-state index in [-0.39, 0.29) is 28.9 Å². The molecule has 0 bridgehead atoms. The van der Waals surface area contributed by atoms with Crippen molar-refractivity contribution in [3.8, 4) is 0 Å². The van der Waals surface area contributed by atoms with Crippen LogP contribution in [-0.4, -0.2) is 41.4 Å². The third-order valence-electron chi connectivity index (χ3n) is 5.01. The van der Waals surface area contributed by atoms with E-state index in [0.29, 0.717) is 13.2 Å². The van der Waals surface area contributed by atoms with Crippen LogP contribution in [0, 0.1) is 6.92 Å². The standard InChI is InChI=1S/C22H32O4S4Si/c1-9-25-14(23)11-22(12-15(24)26-10-2)29-17-13(3)16-18(28-21(4,5)27-16)20(19(17)30-22)31(6,7)8/h9-12H2,1-8H3. The molecule has 0 N–H and O–H groups in total. The van der Waals surface area contributed by atoms with Crippen LogP contribution in [0.25, 0.3) is 0 Å². The first-order valence-electron chi connectivity index (χ1n) is 10.6. The van der Waals surface area contributed by atoms with Crippen LogP contribution in [0.3, 0.4) is 0 Å². The highest BCUT2D eigenvalue weighted by atomic mass is 32.2. The molecule has 2 heterocycles. The van der Waals surface area contributed by atoms with E-state index >= 15 is 0 Å². The Morgan fingerprint density at radius 2 is 1.23 bits per heavy atom. The number of carbonyl (C=O) groups excluding carboxylic acids is 2. The Balaban J connectivity index is 2.12. The van der Waals surface area contributed by atoms with Gasteiger partial charge in [-0.2, -0.15) is 0 Å². The van der Waals surface area contributed by atoms with E-state index in [1.165, 1.54) is 30.3 Å².